The highest BCUT2D eigenvalue weighted by Crippen LogP contribution is 2.40. The van der Waals surface area contributed by atoms with Gasteiger partial charge in [0.05, 0.1) is 15.1 Å². The molecule has 0 spiro atoms. The Balaban J connectivity index is 1.56. The third-order valence-corrected chi connectivity index (χ3v) is 9.30. The summed E-state index contributed by atoms with van der Waals surface area (Å²) in [5, 5.41) is 3.31. The SMILES string of the molecule is CCc1ccc(-c2ccncc2)cc1CN(C(=O)c1sc2c(F)ccc(F)c2c1Cl)[C@H]1CC[C@H](NC)CC1. The molecule has 0 saturated heterocycles. The lowest BCUT2D eigenvalue weighted by atomic mass is 9.89. The van der Waals surface area contributed by atoms with E-state index in [1.807, 2.05) is 24.1 Å². The first-order chi connectivity index (χ1) is 18.4. The van der Waals surface area contributed by atoms with Crippen LogP contribution in [0.4, 0.5) is 8.78 Å². The number of hydrogen-bond donors (Lipinski definition) is 1. The van der Waals surface area contributed by atoms with Gasteiger partial charge in [-0.15, -0.1) is 11.3 Å². The number of nitrogens with zero attached hydrogens (tertiary/aromatic N) is 2. The molecule has 198 valence electrons. The van der Waals surface area contributed by atoms with Gasteiger partial charge in [-0.1, -0.05) is 30.7 Å². The highest BCUT2D eigenvalue weighted by molar-refractivity contribution is 7.21. The number of carbonyl (C=O) groups is 1. The van der Waals surface area contributed by atoms with E-state index in [2.05, 4.69) is 35.4 Å². The Labute approximate surface area is 230 Å². The Morgan fingerprint density at radius 3 is 2.39 bits per heavy atom. The summed E-state index contributed by atoms with van der Waals surface area (Å²) in [6.07, 6.45) is 7.93. The minimum Gasteiger partial charge on any atom is -0.331 e. The fraction of sp³-hybridized carbons (Fsp3) is 0.333. The molecule has 1 N–H and O–H groups in total. The number of thiophene rings is 1. The Hall–Kier alpha value is -2.87. The number of nitrogens with one attached hydrogen (secondary N) is 1. The second-order valence-electron chi connectivity index (χ2n) is 9.78. The van der Waals surface area contributed by atoms with Gasteiger partial charge in [0.2, 0.25) is 0 Å². The summed E-state index contributed by atoms with van der Waals surface area (Å²) in [7, 11) is 1.96. The average Bonchev–Trinajstić information content (AvgIpc) is 3.32. The minimum absolute atomic E-state index is 0.00244. The van der Waals surface area contributed by atoms with Gasteiger partial charge in [0.25, 0.3) is 5.91 Å². The predicted octanol–water partition coefficient (Wildman–Crippen LogP) is 7.63. The average molecular weight is 554 g/mol. The maximum absolute atomic E-state index is 14.6. The van der Waals surface area contributed by atoms with Crippen molar-refractivity contribution in [1.82, 2.24) is 15.2 Å². The van der Waals surface area contributed by atoms with E-state index in [1.165, 1.54) is 0 Å². The van der Waals surface area contributed by atoms with Crippen LogP contribution in [-0.4, -0.2) is 34.9 Å². The largest absolute Gasteiger partial charge is 0.331 e. The second-order valence-corrected chi connectivity index (χ2v) is 11.2. The van der Waals surface area contributed by atoms with Crippen LogP contribution in [-0.2, 0) is 13.0 Å². The van der Waals surface area contributed by atoms with Crippen molar-refractivity contribution in [2.75, 3.05) is 7.05 Å². The molecule has 1 saturated carbocycles. The van der Waals surface area contributed by atoms with Crippen LogP contribution in [0.3, 0.4) is 0 Å². The number of amides is 1. The third kappa shape index (κ3) is 5.20. The molecule has 2 heterocycles. The first kappa shape index (κ1) is 26.7. The van der Waals surface area contributed by atoms with Crippen molar-refractivity contribution < 1.29 is 13.6 Å². The second kappa shape index (κ2) is 11.5. The van der Waals surface area contributed by atoms with Gasteiger partial charge < -0.3 is 10.2 Å². The van der Waals surface area contributed by atoms with Gasteiger partial charge in [0, 0.05) is 31.0 Å². The van der Waals surface area contributed by atoms with E-state index >= 15 is 0 Å². The van der Waals surface area contributed by atoms with Gasteiger partial charge in [0.15, 0.2) is 0 Å². The molecule has 1 aliphatic carbocycles. The molecule has 0 atom stereocenters. The quantitative estimate of drug-likeness (QED) is 0.256. The molecule has 0 radical (unpaired) electrons. The van der Waals surface area contributed by atoms with E-state index < -0.39 is 11.6 Å². The summed E-state index contributed by atoms with van der Waals surface area (Å²) >= 11 is 7.50. The zero-order valence-corrected chi connectivity index (χ0v) is 23.0. The lowest BCUT2D eigenvalue weighted by Crippen LogP contribution is -2.44. The van der Waals surface area contributed by atoms with Crippen molar-refractivity contribution >= 4 is 38.9 Å². The minimum atomic E-state index is -0.624. The molecular formula is C30H30ClF2N3OS. The molecule has 1 amide bonds. The molecule has 1 aliphatic rings. The number of pyridine rings is 1. The number of fused-ring (bicyclic) bond motifs is 1. The predicted molar refractivity (Wildman–Crippen MR) is 151 cm³/mol. The zero-order valence-electron chi connectivity index (χ0n) is 21.4. The third-order valence-electron chi connectivity index (χ3n) is 7.62. The van der Waals surface area contributed by atoms with E-state index in [1.54, 1.807) is 12.4 Å². The number of rotatable bonds is 7. The Morgan fingerprint density at radius 2 is 1.74 bits per heavy atom. The lowest BCUT2D eigenvalue weighted by Gasteiger charge is -2.37. The van der Waals surface area contributed by atoms with E-state index in [9.17, 15) is 13.6 Å². The Kier molecular flexibility index (Phi) is 8.07. The molecule has 38 heavy (non-hydrogen) atoms. The number of halogens is 3. The number of carbonyl (C=O) groups excluding carboxylic acids is 1. The van der Waals surface area contributed by atoms with Crippen LogP contribution in [0.2, 0.25) is 5.02 Å². The first-order valence-electron chi connectivity index (χ1n) is 13.0. The zero-order chi connectivity index (χ0) is 26.8. The van der Waals surface area contributed by atoms with Crippen molar-refractivity contribution in [1.29, 1.82) is 0 Å². The molecule has 0 unspecified atom stereocenters. The molecule has 4 aromatic rings. The summed E-state index contributed by atoms with van der Waals surface area (Å²) in [6, 6.07) is 12.8. The van der Waals surface area contributed by atoms with Crippen molar-refractivity contribution in [2.24, 2.45) is 0 Å². The summed E-state index contributed by atoms with van der Waals surface area (Å²) in [5.41, 5.74) is 4.31. The van der Waals surface area contributed by atoms with Crippen LogP contribution in [0.1, 0.15) is 53.4 Å². The summed E-state index contributed by atoms with van der Waals surface area (Å²) in [6.45, 7) is 2.50. The van der Waals surface area contributed by atoms with E-state index in [4.69, 9.17) is 11.6 Å². The van der Waals surface area contributed by atoms with Gasteiger partial charge >= 0.3 is 0 Å². The van der Waals surface area contributed by atoms with Crippen LogP contribution in [0.5, 0.6) is 0 Å². The summed E-state index contributed by atoms with van der Waals surface area (Å²) < 4.78 is 29.2. The number of aromatic nitrogens is 1. The molecule has 5 rings (SSSR count). The maximum Gasteiger partial charge on any atom is 0.266 e. The molecular weight excluding hydrogens is 524 g/mol. The number of benzene rings is 2. The summed E-state index contributed by atoms with van der Waals surface area (Å²) in [4.78, 5) is 20.3. The monoisotopic (exact) mass is 553 g/mol. The van der Waals surface area contributed by atoms with Crippen LogP contribution >= 0.6 is 22.9 Å². The van der Waals surface area contributed by atoms with E-state index in [-0.39, 0.29) is 31.9 Å². The highest BCUT2D eigenvalue weighted by atomic mass is 35.5. The Bertz CT molecular complexity index is 1450. The molecule has 2 aromatic carbocycles. The molecule has 0 bridgehead atoms. The first-order valence-corrected chi connectivity index (χ1v) is 14.2. The van der Waals surface area contributed by atoms with Crippen LogP contribution < -0.4 is 5.32 Å². The van der Waals surface area contributed by atoms with Gasteiger partial charge in [-0.25, -0.2) is 8.78 Å². The van der Waals surface area contributed by atoms with Crippen molar-refractivity contribution in [3.8, 4) is 11.1 Å². The van der Waals surface area contributed by atoms with Gasteiger partial charge in [0.1, 0.15) is 16.5 Å². The van der Waals surface area contributed by atoms with Gasteiger partial charge in [-0.05, 0) is 91.7 Å². The van der Waals surface area contributed by atoms with Crippen molar-refractivity contribution in [2.45, 2.75) is 57.7 Å². The highest BCUT2D eigenvalue weighted by Gasteiger charge is 2.32. The van der Waals surface area contributed by atoms with Gasteiger partial charge in [-0.3, -0.25) is 9.78 Å². The molecule has 8 heteroatoms. The topological polar surface area (TPSA) is 45.2 Å². The smallest absolute Gasteiger partial charge is 0.266 e. The van der Waals surface area contributed by atoms with Crippen LogP contribution in [0, 0.1) is 11.6 Å². The standard InChI is InChI=1S/C30H30ClF2N3OS/c1-3-18-4-5-20(19-12-14-35-15-13-19)16-21(18)17-36(23-8-6-22(34-2)7-9-23)30(37)29-27(31)26-24(32)10-11-25(33)28(26)38-29/h4-5,10-16,22-23,34H,3,6-9,17H2,1-2H3/t22-,23-. The lowest BCUT2D eigenvalue weighted by molar-refractivity contribution is 0.0606. The van der Waals surface area contributed by atoms with Crippen LogP contribution in [0.15, 0.2) is 54.9 Å². The van der Waals surface area contributed by atoms with Gasteiger partial charge in [-0.2, -0.15) is 0 Å². The maximum atomic E-state index is 14.6. The fourth-order valence-corrected chi connectivity index (χ4v) is 6.94. The Morgan fingerprint density at radius 1 is 1.03 bits per heavy atom. The van der Waals surface area contributed by atoms with Crippen molar-refractivity contribution in [3.63, 3.8) is 0 Å². The number of aryl methyl sites for hydroxylation is 1. The summed E-state index contributed by atoms with van der Waals surface area (Å²) in [5.74, 6) is -1.48. The van der Waals surface area contributed by atoms with E-state index in [0.29, 0.717) is 12.6 Å². The molecule has 4 nitrogen and oxygen atoms in total. The molecule has 1 fully saturated rings. The molecule has 2 aromatic heterocycles. The fourth-order valence-electron chi connectivity index (χ4n) is 5.43. The number of hydrogen-bond acceptors (Lipinski definition) is 4. The van der Waals surface area contributed by atoms with E-state index in [0.717, 1.165) is 77.8 Å². The van der Waals surface area contributed by atoms with Crippen molar-refractivity contribution in [3.05, 3.63) is 87.5 Å². The molecule has 0 aliphatic heterocycles. The van der Waals surface area contributed by atoms with Crippen LogP contribution in [0.25, 0.3) is 21.2 Å². The normalized spacial score (nSPS) is 17.6.